The minimum Gasteiger partial charge on any atom is -0.497 e. The van der Waals surface area contributed by atoms with Crippen LogP contribution < -0.4 is 20.3 Å². The summed E-state index contributed by atoms with van der Waals surface area (Å²) in [4.78, 5) is 37.4. The van der Waals surface area contributed by atoms with Crippen molar-refractivity contribution in [3.05, 3.63) is 59.9 Å². The Balaban J connectivity index is 2.00. The Morgan fingerprint density at radius 3 is 2.28 bits per heavy atom. The Morgan fingerprint density at radius 1 is 1.10 bits per heavy atom. The van der Waals surface area contributed by atoms with Crippen LogP contribution in [0.15, 0.2) is 48.5 Å². The van der Waals surface area contributed by atoms with Gasteiger partial charge >= 0.3 is 12.2 Å². The standard InChI is InChI=1S/C18H13F4N3O4/c1-29-11-8-6-10(7-9-11)25-15(27)17(18(20,21)22,24-16(25)28)23-14(26)12-4-2-3-5-13(12)19/h2-9H,1H3,(H,23,26)(H,24,28). The van der Waals surface area contributed by atoms with Gasteiger partial charge in [0.25, 0.3) is 17.5 Å². The van der Waals surface area contributed by atoms with Gasteiger partial charge in [-0.25, -0.2) is 14.1 Å². The number of methoxy groups -OCH3 is 1. The average molecular weight is 411 g/mol. The van der Waals surface area contributed by atoms with Gasteiger partial charge in [-0.2, -0.15) is 13.2 Å². The van der Waals surface area contributed by atoms with Gasteiger partial charge in [-0.05, 0) is 36.4 Å². The molecule has 0 aromatic heterocycles. The van der Waals surface area contributed by atoms with Gasteiger partial charge in [0.05, 0.1) is 18.4 Å². The molecule has 0 bridgehead atoms. The van der Waals surface area contributed by atoms with Gasteiger partial charge in [0.15, 0.2) is 0 Å². The summed E-state index contributed by atoms with van der Waals surface area (Å²) in [5.41, 5.74) is -4.66. The van der Waals surface area contributed by atoms with Crippen LogP contribution in [-0.2, 0) is 4.79 Å². The number of alkyl halides is 3. The highest BCUT2D eigenvalue weighted by atomic mass is 19.4. The molecule has 1 atom stereocenters. The summed E-state index contributed by atoms with van der Waals surface area (Å²) in [7, 11) is 1.36. The molecule has 152 valence electrons. The lowest BCUT2D eigenvalue weighted by molar-refractivity contribution is -0.197. The number of hydrogen-bond acceptors (Lipinski definition) is 4. The van der Waals surface area contributed by atoms with Crippen LogP contribution in [0.3, 0.4) is 0 Å². The Kier molecular flexibility index (Phi) is 4.91. The third kappa shape index (κ3) is 3.35. The molecule has 11 heteroatoms. The number of amides is 4. The van der Waals surface area contributed by atoms with E-state index in [0.717, 1.165) is 12.1 Å². The first-order valence-electron chi connectivity index (χ1n) is 8.05. The Hall–Kier alpha value is -3.63. The second-order valence-corrected chi connectivity index (χ2v) is 5.95. The number of imide groups is 1. The predicted octanol–water partition coefficient (Wildman–Crippen LogP) is 2.58. The van der Waals surface area contributed by atoms with Crippen LogP contribution in [0.25, 0.3) is 0 Å². The first-order chi connectivity index (χ1) is 13.6. The van der Waals surface area contributed by atoms with Crippen molar-refractivity contribution in [3.8, 4) is 5.75 Å². The van der Waals surface area contributed by atoms with Gasteiger partial charge in [0, 0.05) is 0 Å². The van der Waals surface area contributed by atoms with Crippen molar-refractivity contribution in [2.24, 2.45) is 0 Å². The lowest BCUT2D eigenvalue weighted by Crippen LogP contribution is -2.69. The van der Waals surface area contributed by atoms with Crippen molar-refractivity contribution in [1.29, 1.82) is 0 Å². The van der Waals surface area contributed by atoms with Crippen LogP contribution in [0.4, 0.5) is 28.0 Å². The number of nitrogens with zero attached hydrogens (tertiary/aromatic N) is 1. The van der Waals surface area contributed by atoms with E-state index in [0.29, 0.717) is 5.75 Å². The highest BCUT2D eigenvalue weighted by Crippen LogP contribution is 2.36. The van der Waals surface area contributed by atoms with Crippen molar-refractivity contribution in [1.82, 2.24) is 10.6 Å². The first kappa shape index (κ1) is 20.1. The zero-order chi connectivity index (χ0) is 21.4. The number of anilines is 1. The van der Waals surface area contributed by atoms with Gasteiger partial charge in [-0.1, -0.05) is 12.1 Å². The second kappa shape index (κ2) is 7.08. The third-order valence-corrected chi connectivity index (χ3v) is 4.20. The van der Waals surface area contributed by atoms with E-state index in [2.05, 4.69) is 0 Å². The van der Waals surface area contributed by atoms with Crippen LogP contribution in [0.2, 0.25) is 0 Å². The molecule has 7 nitrogen and oxygen atoms in total. The highest BCUT2D eigenvalue weighted by Gasteiger charge is 2.69. The van der Waals surface area contributed by atoms with Crippen LogP contribution >= 0.6 is 0 Å². The Labute approximate surface area is 161 Å². The summed E-state index contributed by atoms with van der Waals surface area (Å²) >= 11 is 0. The van der Waals surface area contributed by atoms with Crippen molar-refractivity contribution >= 4 is 23.5 Å². The maximum absolute atomic E-state index is 13.8. The fraction of sp³-hybridized carbons (Fsp3) is 0.167. The maximum atomic E-state index is 13.8. The number of carbonyl (C=O) groups excluding carboxylic acids is 3. The normalized spacial score (nSPS) is 19.1. The molecule has 0 saturated carbocycles. The molecule has 0 aliphatic carbocycles. The summed E-state index contributed by atoms with van der Waals surface area (Å²) in [5, 5.41) is 2.92. The number of carbonyl (C=O) groups is 3. The van der Waals surface area contributed by atoms with Crippen LogP contribution in [0.1, 0.15) is 10.4 Å². The molecule has 4 amide bonds. The zero-order valence-electron chi connectivity index (χ0n) is 14.7. The summed E-state index contributed by atoms with van der Waals surface area (Å²) < 4.78 is 60.2. The first-order valence-corrected chi connectivity index (χ1v) is 8.05. The smallest absolute Gasteiger partial charge is 0.440 e. The van der Waals surface area contributed by atoms with Gasteiger partial charge in [-0.3, -0.25) is 14.9 Å². The van der Waals surface area contributed by atoms with Gasteiger partial charge in [0.2, 0.25) is 0 Å². The molecular weight excluding hydrogens is 398 g/mol. The summed E-state index contributed by atoms with van der Waals surface area (Å²) in [5.74, 6) is -4.06. The van der Waals surface area contributed by atoms with E-state index >= 15 is 0 Å². The molecule has 0 radical (unpaired) electrons. The minimum absolute atomic E-state index is 0.181. The number of halogens is 4. The number of benzene rings is 2. The van der Waals surface area contributed by atoms with Gasteiger partial charge in [0.1, 0.15) is 11.6 Å². The third-order valence-electron chi connectivity index (χ3n) is 4.20. The highest BCUT2D eigenvalue weighted by molar-refractivity contribution is 6.24. The number of nitrogens with one attached hydrogen (secondary N) is 2. The van der Waals surface area contributed by atoms with Crippen molar-refractivity contribution in [2.45, 2.75) is 11.8 Å². The molecule has 2 N–H and O–H groups in total. The number of urea groups is 1. The molecule has 2 aromatic rings. The number of ether oxygens (including phenoxy) is 1. The molecule has 1 aliphatic heterocycles. The minimum atomic E-state index is -5.41. The summed E-state index contributed by atoms with van der Waals surface area (Å²) in [6.07, 6.45) is -5.41. The van der Waals surface area contributed by atoms with Crippen molar-refractivity contribution < 1.29 is 36.7 Å². The predicted molar refractivity (Wildman–Crippen MR) is 91.7 cm³/mol. The quantitative estimate of drug-likeness (QED) is 0.598. The van der Waals surface area contributed by atoms with Crippen LogP contribution in [0, 0.1) is 5.82 Å². The Morgan fingerprint density at radius 2 is 1.72 bits per heavy atom. The lowest BCUT2D eigenvalue weighted by atomic mass is 10.1. The van der Waals surface area contributed by atoms with Crippen LogP contribution in [-0.4, -0.2) is 36.8 Å². The molecule has 1 aliphatic rings. The summed E-state index contributed by atoms with van der Waals surface area (Å²) in [6.45, 7) is 0. The monoisotopic (exact) mass is 411 g/mol. The molecular formula is C18H13F4N3O4. The fourth-order valence-electron chi connectivity index (χ4n) is 2.73. The molecule has 1 heterocycles. The SMILES string of the molecule is COc1ccc(N2C(=O)NC(NC(=O)c3ccccc3F)(C(F)(F)F)C2=O)cc1. The maximum Gasteiger partial charge on any atom is 0.440 e. The zero-order valence-corrected chi connectivity index (χ0v) is 14.7. The molecule has 0 spiro atoms. The van der Waals surface area contributed by atoms with E-state index in [1.165, 1.54) is 54.1 Å². The lowest BCUT2D eigenvalue weighted by Gasteiger charge is -2.29. The molecule has 1 unspecified atom stereocenters. The average Bonchev–Trinajstić information content (AvgIpc) is 2.92. The fourth-order valence-corrected chi connectivity index (χ4v) is 2.73. The van der Waals surface area contributed by atoms with E-state index in [4.69, 9.17) is 4.74 Å². The van der Waals surface area contributed by atoms with Crippen molar-refractivity contribution in [3.63, 3.8) is 0 Å². The van der Waals surface area contributed by atoms with Crippen LogP contribution in [0.5, 0.6) is 5.75 Å². The molecule has 1 fully saturated rings. The molecule has 2 aromatic carbocycles. The number of rotatable bonds is 4. The molecule has 1 saturated heterocycles. The van der Waals surface area contributed by atoms with E-state index in [1.54, 1.807) is 0 Å². The largest absolute Gasteiger partial charge is 0.497 e. The topological polar surface area (TPSA) is 87.7 Å². The molecule has 3 rings (SSSR count). The van der Waals surface area contributed by atoms with Gasteiger partial charge < -0.3 is 10.1 Å². The van der Waals surface area contributed by atoms with E-state index < -0.39 is 41.1 Å². The molecule has 29 heavy (non-hydrogen) atoms. The van der Waals surface area contributed by atoms with Gasteiger partial charge in [-0.15, -0.1) is 0 Å². The second-order valence-electron chi connectivity index (χ2n) is 5.95. The van der Waals surface area contributed by atoms with E-state index in [9.17, 15) is 31.9 Å². The summed E-state index contributed by atoms with van der Waals surface area (Å²) in [6, 6.07) is 7.93. The van der Waals surface area contributed by atoms with E-state index in [1.807, 2.05) is 0 Å². The van der Waals surface area contributed by atoms with E-state index in [-0.39, 0.29) is 10.6 Å². The van der Waals surface area contributed by atoms with Crippen molar-refractivity contribution in [2.75, 3.05) is 12.0 Å². The Bertz CT molecular complexity index is 978. The number of hydrogen-bond donors (Lipinski definition) is 2.